The molecule has 0 bridgehead atoms. The highest BCUT2D eigenvalue weighted by Crippen LogP contribution is 2.41. The topological polar surface area (TPSA) is 42.7 Å². The van der Waals surface area contributed by atoms with Crippen molar-refractivity contribution in [3.8, 4) is 0 Å². The maximum atomic E-state index is 13.4. The van der Waals surface area contributed by atoms with Crippen molar-refractivity contribution in [2.75, 3.05) is 11.6 Å². The van der Waals surface area contributed by atoms with Crippen molar-refractivity contribution in [1.29, 1.82) is 0 Å². The molecule has 1 unspecified atom stereocenters. The molecule has 0 saturated heterocycles. The summed E-state index contributed by atoms with van der Waals surface area (Å²) in [4.78, 5) is 9.51. The fourth-order valence-electron chi connectivity index (χ4n) is 3.31. The van der Waals surface area contributed by atoms with Crippen molar-refractivity contribution in [3.05, 3.63) is 40.8 Å². The summed E-state index contributed by atoms with van der Waals surface area (Å²) in [5.41, 5.74) is 3.62. The van der Waals surface area contributed by atoms with Crippen LogP contribution < -0.4 is 5.32 Å². The number of halogens is 4. The molecule has 1 N–H and O–H groups in total. The number of aromatic nitrogens is 3. The van der Waals surface area contributed by atoms with Gasteiger partial charge in [0, 0.05) is 11.0 Å². The third kappa shape index (κ3) is 4.87. The van der Waals surface area contributed by atoms with Crippen LogP contribution in [0.25, 0.3) is 11.2 Å². The normalized spacial score (nSPS) is 14.3. The number of alkyl halides is 2. The predicted octanol–water partition coefficient (Wildman–Crippen LogP) is 8.57. The van der Waals surface area contributed by atoms with Gasteiger partial charge >= 0.3 is 0 Å². The molecule has 0 radical (unpaired) electrons. The number of pyridine rings is 1. The quantitative estimate of drug-likeness (QED) is 0.137. The molecule has 1 fully saturated rings. The lowest BCUT2D eigenvalue weighted by molar-refractivity contribution is 0.140. The van der Waals surface area contributed by atoms with E-state index in [1.807, 2.05) is 48.2 Å². The van der Waals surface area contributed by atoms with Gasteiger partial charge in [0.15, 0.2) is 11.5 Å². The van der Waals surface area contributed by atoms with E-state index in [0.29, 0.717) is 22.8 Å². The van der Waals surface area contributed by atoms with Gasteiger partial charge in [-0.2, -0.15) is 0 Å². The minimum Gasteiger partial charge on any atom is -0.353 e. The molecule has 10 heteroatoms. The first-order chi connectivity index (χ1) is 14.5. The number of hydrogen-bond acceptors (Lipinski definition) is 4. The second-order valence-corrected chi connectivity index (χ2v) is 9.87. The van der Waals surface area contributed by atoms with Crippen LogP contribution in [-0.4, -0.2) is 20.6 Å². The Balaban J connectivity index is 0.00000124. The fraction of sp³-hybridized carbons (Fsp3) is 0.400. The van der Waals surface area contributed by atoms with Gasteiger partial charge in [-0.25, -0.2) is 18.7 Å². The van der Waals surface area contributed by atoms with E-state index in [2.05, 4.69) is 27.4 Å². The summed E-state index contributed by atoms with van der Waals surface area (Å²) >= 11 is 9.89. The van der Waals surface area contributed by atoms with Crippen LogP contribution in [0.15, 0.2) is 29.2 Å². The Morgan fingerprint density at radius 1 is 1.23 bits per heavy atom. The van der Waals surface area contributed by atoms with Crippen LogP contribution in [0, 0.1) is 0 Å². The standard InChI is InChI=1S/C18H17ClF2IN4PS.C2H6/c1-28-13-7-10(9-3-2-4-9)5-6-11(13)23-12-8-14(19)24-17-15(12)25-18(16(20)21)26(17)27-22;1-2/h5-9,16,27H,2-4H2,1H3,(H,23,24);1-2H3. The highest BCUT2D eigenvalue weighted by atomic mass is 127. The molecule has 1 aromatic carbocycles. The lowest BCUT2D eigenvalue weighted by Crippen LogP contribution is -2.08. The third-order valence-electron chi connectivity index (χ3n) is 4.96. The number of nitrogens with zero attached hydrogens (tertiary/aromatic N) is 3. The van der Waals surface area contributed by atoms with Gasteiger partial charge in [-0.1, -0.05) is 37.9 Å². The average molecular weight is 583 g/mol. The highest BCUT2D eigenvalue weighted by Gasteiger charge is 2.23. The van der Waals surface area contributed by atoms with Crippen LogP contribution in [0.4, 0.5) is 20.2 Å². The summed E-state index contributed by atoms with van der Waals surface area (Å²) in [7, 11) is 0. The molecular weight excluding hydrogens is 560 g/mol. The van der Waals surface area contributed by atoms with Crippen LogP contribution >= 0.6 is 51.8 Å². The van der Waals surface area contributed by atoms with Gasteiger partial charge in [-0.05, 0) is 64.8 Å². The van der Waals surface area contributed by atoms with E-state index in [4.69, 9.17) is 11.6 Å². The monoisotopic (exact) mass is 582 g/mol. The maximum absolute atomic E-state index is 13.4. The van der Waals surface area contributed by atoms with Gasteiger partial charge in [-0.3, -0.25) is 4.34 Å². The molecule has 1 aliphatic carbocycles. The van der Waals surface area contributed by atoms with Crippen LogP contribution in [-0.2, 0) is 0 Å². The molecule has 4 nitrogen and oxygen atoms in total. The number of nitrogens with one attached hydrogen (secondary N) is 1. The molecule has 162 valence electrons. The number of anilines is 2. The second-order valence-electron chi connectivity index (χ2n) is 6.57. The molecule has 0 spiro atoms. The molecule has 1 aliphatic rings. The van der Waals surface area contributed by atoms with E-state index in [1.165, 1.54) is 29.2 Å². The number of hydrogen-bond donors (Lipinski definition) is 1. The lowest BCUT2D eigenvalue weighted by Gasteiger charge is -2.26. The zero-order valence-corrected chi connectivity index (χ0v) is 21.6. The van der Waals surface area contributed by atoms with Crippen LogP contribution in [0.3, 0.4) is 0 Å². The third-order valence-corrected chi connectivity index (χ3v) is 7.99. The number of imidazole rings is 1. The van der Waals surface area contributed by atoms with Crippen molar-refractivity contribution >= 4 is 74.3 Å². The molecule has 0 amide bonds. The zero-order chi connectivity index (χ0) is 21.8. The second kappa shape index (κ2) is 10.7. The summed E-state index contributed by atoms with van der Waals surface area (Å²) in [6.07, 6.45) is 3.18. The number of fused-ring (bicyclic) bond motifs is 1. The first-order valence-corrected chi connectivity index (χ1v) is 15.4. The summed E-state index contributed by atoms with van der Waals surface area (Å²) in [5.74, 6) is 0.363. The van der Waals surface area contributed by atoms with Crippen molar-refractivity contribution in [1.82, 2.24) is 14.3 Å². The van der Waals surface area contributed by atoms with Gasteiger partial charge in [0.2, 0.25) is 0 Å². The van der Waals surface area contributed by atoms with Gasteiger partial charge in [0.25, 0.3) is 6.43 Å². The first kappa shape index (κ1) is 24.0. The molecule has 0 aliphatic heterocycles. The van der Waals surface area contributed by atoms with Crippen LogP contribution in [0.5, 0.6) is 0 Å². The van der Waals surface area contributed by atoms with Crippen molar-refractivity contribution in [2.45, 2.75) is 50.3 Å². The molecular formula is C20H23ClF2IN4PS. The minimum absolute atomic E-state index is 0.0510. The van der Waals surface area contributed by atoms with Crippen molar-refractivity contribution in [3.63, 3.8) is 0 Å². The van der Waals surface area contributed by atoms with Gasteiger partial charge in [0.1, 0.15) is 10.7 Å². The van der Waals surface area contributed by atoms with Crippen molar-refractivity contribution in [2.24, 2.45) is 0 Å². The molecule has 4 rings (SSSR count). The summed E-state index contributed by atoms with van der Waals surface area (Å²) in [5, 5.41) is 3.59. The molecule has 2 aromatic heterocycles. The van der Waals surface area contributed by atoms with Crippen LogP contribution in [0.2, 0.25) is 5.15 Å². The zero-order valence-electron chi connectivity index (χ0n) is 16.8. The van der Waals surface area contributed by atoms with Crippen molar-refractivity contribution < 1.29 is 8.78 Å². The van der Waals surface area contributed by atoms with E-state index >= 15 is 0 Å². The Morgan fingerprint density at radius 2 is 1.97 bits per heavy atom. The Labute approximate surface area is 199 Å². The number of rotatable bonds is 6. The average Bonchev–Trinajstić information content (AvgIpc) is 3.08. The van der Waals surface area contributed by atoms with E-state index < -0.39 is 6.43 Å². The maximum Gasteiger partial charge on any atom is 0.295 e. The molecule has 2 heterocycles. The largest absolute Gasteiger partial charge is 0.353 e. The molecule has 1 saturated carbocycles. The van der Waals surface area contributed by atoms with E-state index in [0.717, 1.165) is 10.6 Å². The predicted molar refractivity (Wildman–Crippen MR) is 135 cm³/mol. The molecule has 3 aromatic rings. The lowest BCUT2D eigenvalue weighted by atomic mass is 9.80. The van der Waals surface area contributed by atoms with E-state index in [9.17, 15) is 8.78 Å². The Kier molecular flexibility index (Phi) is 8.58. The first-order valence-electron chi connectivity index (χ1n) is 9.70. The summed E-state index contributed by atoms with van der Waals surface area (Å²) in [6, 6.07) is 8.04. The van der Waals surface area contributed by atoms with Gasteiger partial charge in [0.05, 0.1) is 17.7 Å². The SMILES string of the molecule is CC.CSc1cc(C2CCC2)ccc1Nc1cc(Cl)nc2c1nc(C(F)F)n2PI. The Morgan fingerprint density at radius 3 is 2.53 bits per heavy atom. The minimum atomic E-state index is -2.67. The van der Waals surface area contributed by atoms with Gasteiger partial charge < -0.3 is 5.32 Å². The fourth-order valence-corrected chi connectivity index (χ4v) is 5.99. The summed E-state index contributed by atoms with van der Waals surface area (Å²) in [6.45, 7) is 4.00. The number of benzene rings is 1. The van der Waals surface area contributed by atoms with Gasteiger partial charge in [-0.15, -0.1) is 11.8 Å². The van der Waals surface area contributed by atoms with E-state index in [-0.39, 0.29) is 17.4 Å². The highest BCUT2D eigenvalue weighted by molar-refractivity contribution is 14.2. The molecule has 1 atom stereocenters. The summed E-state index contributed by atoms with van der Waals surface area (Å²) < 4.78 is 28.3. The van der Waals surface area contributed by atoms with E-state index in [1.54, 1.807) is 17.8 Å². The number of thioether (sulfide) groups is 1. The Bertz CT molecular complexity index is 1030. The Hall–Kier alpha value is -0.700. The smallest absolute Gasteiger partial charge is 0.295 e. The molecule has 30 heavy (non-hydrogen) atoms. The van der Waals surface area contributed by atoms with Crippen LogP contribution in [0.1, 0.15) is 56.8 Å².